The Labute approximate surface area is 148 Å². The zero-order chi connectivity index (χ0) is 18.2. The number of ketones is 1. The second-order valence-corrected chi connectivity index (χ2v) is 5.53. The number of benzene rings is 2. The van der Waals surface area contributed by atoms with Gasteiger partial charge in [-0.1, -0.05) is 18.2 Å². The molecule has 0 aromatic heterocycles. The van der Waals surface area contributed by atoms with Crippen molar-refractivity contribution in [3.8, 4) is 0 Å². The highest BCUT2D eigenvalue weighted by Crippen LogP contribution is 2.20. The number of carbonyl (C=O) groups excluding carboxylic acids is 2. The molecule has 1 N–H and O–H groups in total. The molecular weight excluding hydrogens is 314 g/mol. The highest BCUT2D eigenvalue weighted by Gasteiger charge is 2.17. The molecule has 0 unspecified atom stereocenters. The summed E-state index contributed by atoms with van der Waals surface area (Å²) in [6.07, 6.45) is 0. The minimum atomic E-state index is -0.508. The first-order valence-corrected chi connectivity index (χ1v) is 8.36. The Bertz CT molecular complexity index is 748. The lowest BCUT2D eigenvalue weighted by Crippen LogP contribution is -2.28. The van der Waals surface area contributed by atoms with Crippen molar-refractivity contribution in [3.05, 3.63) is 54.6 Å². The number of hydrogen-bond donors (Lipinski definition) is 1. The molecule has 2 aromatic carbocycles. The lowest BCUT2D eigenvalue weighted by Gasteiger charge is -2.20. The highest BCUT2D eigenvalue weighted by molar-refractivity contribution is 6.67. The zero-order valence-electron chi connectivity index (χ0n) is 14.8. The van der Waals surface area contributed by atoms with Crippen LogP contribution in [-0.2, 0) is 9.59 Å². The maximum Gasteiger partial charge on any atom is 0.277 e. The number of Topliss-reactive ketones (excluding diaryl/α,β-unsaturated/α-hetero) is 1. The van der Waals surface area contributed by atoms with Gasteiger partial charge in [0, 0.05) is 31.4 Å². The third-order valence-corrected chi connectivity index (χ3v) is 3.80. The van der Waals surface area contributed by atoms with Crippen molar-refractivity contribution in [1.82, 2.24) is 0 Å². The minimum Gasteiger partial charge on any atom is -0.372 e. The van der Waals surface area contributed by atoms with Gasteiger partial charge in [0.25, 0.3) is 5.91 Å². The normalized spacial score (nSPS) is 11.1. The Hall–Kier alpha value is -2.95. The number of nitrogens with zero attached hydrogens (tertiary/aromatic N) is 2. The second-order valence-electron chi connectivity index (χ2n) is 5.53. The molecule has 0 heterocycles. The first kappa shape index (κ1) is 18.4. The number of aliphatic imine (C=N–C) groups is 1. The molecule has 0 bridgehead atoms. The maximum atomic E-state index is 12.4. The van der Waals surface area contributed by atoms with E-state index in [-0.39, 0.29) is 11.5 Å². The lowest BCUT2D eigenvalue weighted by molar-refractivity contribution is -0.114. The fourth-order valence-corrected chi connectivity index (χ4v) is 2.46. The van der Waals surface area contributed by atoms with E-state index in [0.29, 0.717) is 11.4 Å². The van der Waals surface area contributed by atoms with E-state index in [0.717, 1.165) is 18.8 Å². The van der Waals surface area contributed by atoms with Crippen molar-refractivity contribution in [2.24, 2.45) is 4.99 Å². The fourth-order valence-electron chi connectivity index (χ4n) is 2.46. The summed E-state index contributed by atoms with van der Waals surface area (Å²) in [4.78, 5) is 30.7. The molecule has 0 atom stereocenters. The van der Waals surface area contributed by atoms with E-state index < -0.39 is 5.91 Å². The molecule has 0 spiro atoms. The van der Waals surface area contributed by atoms with Crippen molar-refractivity contribution in [3.63, 3.8) is 0 Å². The third-order valence-electron chi connectivity index (χ3n) is 3.80. The summed E-state index contributed by atoms with van der Waals surface area (Å²) in [7, 11) is 0. The van der Waals surface area contributed by atoms with Crippen LogP contribution in [0.1, 0.15) is 20.8 Å². The second kappa shape index (κ2) is 8.78. The van der Waals surface area contributed by atoms with Crippen molar-refractivity contribution in [1.29, 1.82) is 0 Å². The van der Waals surface area contributed by atoms with Crippen LogP contribution in [0.3, 0.4) is 0 Å². The number of nitrogens with one attached hydrogen (secondary N) is 1. The van der Waals surface area contributed by atoms with Crippen LogP contribution < -0.4 is 10.2 Å². The van der Waals surface area contributed by atoms with Gasteiger partial charge in [0.15, 0.2) is 11.5 Å². The monoisotopic (exact) mass is 337 g/mol. The summed E-state index contributed by atoms with van der Waals surface area (Å²) in [5, 5.41) is 2.69. The van der Waals surface area contributed by atoms with Gasteiger partial charge in [-0.15, -0.1) is 0 Å². The Balaban J connectivity index is 2.21. The van der Waals surface area contributed by atoms with Crippen molar-refractivity contribution >= 4 is 34.5 Å². The summed E-state index contributed by atoms with van der Waals surface area (Å²) in [6, 6.07) is 16.5. The van der Waals surface area contributed by atoms with Gasteiger partial charge in [0.05, 0.1) is 5.69 Å². The summed E-state index contributed by atoms with van der Waals surface area (Å²) < 4.78 is 0. The molecule has 0 saturated heterocycles. The molecule has 0 radical (unpaired) electrons. The molecule has 5 heteroatoms. The smallest absolute Gasteiger partial charge is 0.277 e. The van der Waals surface area contributed by atoms with E-state index in [1.807, 2.05) is 42.5 Å². The van der Waals surface area contributed by atoms with E-state index in [1.54, 1.807) is 12.1 Å². The van der Waals surface area contributed by atoms with Gasteiger partial charge in [-0.3, -0.25) is 9.59 Å². The SMILES string of the molecule is CCN(CC)c1ccc(N=C(C(C)=O)C(=O)Nc2ccccc2)cc1. The van der Waals surface area contributed by atoms with Crippen LogP contribution in [0.5, 0.6) is 0 Å². The number of carbonyl (C=O) groups is 2. The average molecular weight is 337 g/mol. The topological polar surface area (TPSA) is 61.8 Å². The van der Waals surface area contributed by atoms with Gasteiger partial charge >= 0.3 is 0 Å². The van der Waals surface area contributed by atoms with Crippen LogP contribution in [-0.4, -0.2) is 30.5 Å². The van der Waals surface area contributed by atoms with Crippen LogP contribution in [0.15, 0.2) is 59.6 Å². The van der Waals surface area contributed by atoms with E-state index >= 15 is 0 Å². The van der Waals surface area contributed by atoms with E-state index in [9.17, 15) is 9.59 Å². The minimum absolute atomic E-state index is 0.112. The Morgan fingerprint density at radius 2 is 1.56 bits per heavy atom. The Morgan fingerprint density at radius 3 is 2.08 bits per heavy atom. The average Bonchev–Trinajstić information content (AvgIpc) is 2.62. The molecule has 0 aliphatic heterocycles. The molecule has 25 heavy (non-hydrogen) atoms. The predicted octanol–water partition coefficient (Wildman–Crippen LogP) is 3.83. The van der Waals surface area contributed by atoms with Gasteiger partial charge in [-0.2, -0.15) is 0 Å². The van der Waals surface area contributed by atoms with Crippen molar-refractivity contribution in [2.45, 2.75) is 20.8 Å². The summed E-state index contributed by atoms with van der Waals surface area (Å²) in [5.74, 6) is -0.882. The fraction of sp³-hybridized carbons (Fsp3) is 0.250. The number of anilines is 2. The summed E-state index contributed by atoms with van der Waals surface area (Å²) in [5.41, 5.74) is 2.17. The number of rotatable bonds is 7. The quantitative estimate of drug-likeness (QED) is 0.617. The number of para-hydroxylation sites is 1. The molecule has 1 amide bonds. The molecule has 2 aromatic rings. The van der Waals surface area contributed by atoms with Crippen molar-refractivity contribution in [2.75, 3.05) is 23.3 Å². The number of amides is 1. The van der Waals surface area contributed by atoms with Gasteiger partial charge in [-0.05, 0) is 50.2 Å². The largest absolute Gasteiger partial charge is 0.372 e. The van der Waals surface area contributed by atoms with Gasteiger partial charge in [0.1, 0.15) is 0 Å². The number of hydrogen-bond acceptors (Lipinski definition) is 4. The van der Waals surface area contributed by atoms with Gasteiger partial charge < -0.3 is 10.2 Å². The van der Waals surface area contributed by atoms with Crippen LogP contribution >= 0.6 is 0 Å². The zero-order valence-corrected chi connectivity index (χ0v) is 14.8. The summed E-state index contributed by atoms with van der Waals surface area (Å²) >= 11 is 0. The first-order valence-electron chi connectivity index (χ1n) is 8.36. The van der Waals surface area contributed by atoms with Crippen LogP contribution in [0, 0.1) is 0 Å². The molecular formula is C20H23N3O2. The van der Waals surface area contributed by atoms with E-state index in [1.165, 1.54) is 6.92 Å². The van der Waals surface area contributed by atoms with Gasteiger partial charge in [-0.25, -0.2) is 4.99 Å². The summed E-state index contributed by atoms with van der Waals surface area (Å²) in [6.45, 7) is 7.36. The Morgan fingerprint density at radius 1 is 0.960 bits per heavy atom. The molecule has 0 saturated carbocycles. The lowest BCUT2D eigenvalue weighted by atomic mass is 10.2. The molecule has 2 rings (SSSR count). The van der Waals surface area contributed by atoms with Crippen molar-refractivity contribution < 1.29 is 9.59 Å². The molecule has 5 nitrogen and oxygen atoms in total. The predicted molar refractivity (Wildman–Crippen MR) is 103 cm³/mol. The van der Waals surface area contributed by atoms with Crippen LogP contribution in [0.25, 0.3) is 0 Å². The third kappa shape index (κ3) is 5.01. The van der Waals surface area contributed by atoms with E-state index in [4.69, 9.17) is 0 Å². The van der Waals surface area contributed by atoms with Gasteiger partial charge in [0.2, 0.25) is 0 Å². The Kier molecular flexibility index (Phi) is 6.46. The first-order chi connectivity index (χ1) is 12.0. The highest BCUT2D eigenvalue weighted by atomic mass is 16.2. The van der Waals surface area contributed by atoms with Crippen LogP contribution in [0.2, 0.25) is 0 Å². The molecule has 0 aliphatic carbocycles. The standard InChI is InChI=1S/C20H23N3O2/c1-4-23(5-2)18-13-11-17(12-14-18)21-19(15(3)24)20(25)22-16-9-7-6-8-10-16/h6-14H,4-5H2,1-3H3,(H,22,25). The van der Waals surface area contributed by atoms with Crippen LogP contribution in [0.4, 0.5) is 17.1 Å². The maximum absolute atomic E-state index is 12.4. The van der Waals surface area contributed by atoms with E-state index in [2.05, 4.69) is 29.1 Å². The molecule has 0 fully saturated rings. The molecule has 0 aliphatic rings. The molecule has 130 valence electrons.